The zero-order chi connectivity index (χ0) is 19.9. The van der Waals surface area contributed by atoms with Crippen LogP contribution in [-0.4, -0.2) is 57.3 Å². The summed E-state index contributed by atoms with van der Waals surface area (Å²) in [5.74, 6) is -0.475. The minimum absolute atomic E-state index is 0.139. The zero-order valence-electron chi connectivity index (χ0n) is 16.0. The number of nitrogens with zero attached hydrogens (tertiary/aromatic N) is 1. The lowest BCUT2D eigenvalue weighted by Gasteiger charge is -2.20. The van der Waals surface area contributed by atoms with Gasteiger partial charge in [-0.05, 0) is 31.5 Å². The molecule has 0 heterocycles. The number of nitrogens with one attached hydrogen (secondary N) is 2. The molecule has 9 heteroatoms. The number of quaternary nitrogens is 1. The normalized spacial score (nSPS) is 12.7. The number of amides is 2. The summed E-state index contributed by atoms with van der Waals surface area (Å²) in [7, 11) is -2.08. The van der Waals surface area contributed by atoms with Crippen LogP contribution in [0, 0.1) is 6.92 Å². The molecule has 0 saturated carbocycles. The number of nitrogens with two attached hydrogens (primary N) is 1. The van der Waals surface area contributed by atoms with Crippen molar-refractivity contribution in [2.24, 2.45) is 0 Å². The Morgan fingerprint density at radius 3 is 2.38 bits per heavy atom. The fourth-order valence-electron chi connectivity index (χ4n) is 2.41. The third-order valence-corrected chi connectivity index (χ3v) is 6.32. The first-order chi connectivity index (χ1) is 12.2. The largest absolute Gasteiger partial charge is 0.354 e. The first-order valence-corrected chi connectivity index (χ1v) is 10.1. The highest BCUT2D eigenvalue weighted by Crippen LogP contribution is 2.23. The highest BCUT2D eigenvalue weighted by atomic mass is 32.2. The summed E-state index contributed by atoms with van der Waals surface area (Å²) in [6.45, 7) is 7.86. The molecule has 1 aromatic carbocycles. The highest BCUT2D eigenvalue weighted by Gasteiger charge is 2.24. The van der Waals surface area contributed by atoms with Crippen molar-refractivity contribution < 1.29 is 23.3 Å². The molecule has 0 radical (unpaired) electrons. The zero-order valence-corrected chi connectivity index (χ0v) is 16.8. The fourth-order valence-corrected chi connectivity index (χ4v) is 4.12. The molecule has 0 aliphatic heterocycles. The Kier molecular flexibility index (Phi) is 8.19. The quantitative estimate of drug-likeness (QED) is 0.540. The predicted octanol–water partition coefficient (Wildman–Crippen LogP) is -0.338. The molecule has 0 aliphatic rings. The van der Waals surface area contributed by atoms with Crippen molar-refractivity contribution in [3.05, 3.63) is 23.8 Å². The predicted molar refractivity (Wildman–Crippen MR) is 100 cm³/mol. The monoisotopic (exact) mass is 385 g/mol. The van der Waals surface area contributed by atoms with E-state index in [1.165, 1.54) is 17.4 Å². The number of hydrogen-bond donors (Lipinski definition) is 3. The van der Waals surface area contributed by atoms with E-state index in [2.05, 4.69) is 10.6 Å². The molecule has 2 amide bonds. The second kappa shape index (κ2) is 9.65. The smallest absolute Gasteiger partial charge is 0.282 e. The van der Waals surface area contributed by atoms with E-state index in [1.54, 1.807) is 45.1 Å². The van der Waals surface area contributed by atoms with Gasteiger partial charge in [0.15, 0.2) is 12.6 Å². The van der Waals surface area contributed by atoms with Crippen molar-refractivity contribution in [3.63, 3.8) is 0 Å². The van der Waals surface area contributed by atoms with Crippen LogP contribution in [-0.2, 0) is 19.6 Å². The average Bonchev–Trinajstić information content (AvgIpc) is 2.61. The Morgan fingerprint density at radius 1 is 1.23 bits per heavy atom. The van der Waals surface area contributed by atoms with Crippen LogP contribution in [0.1, 0.15) is 26.3 Å². The number of benzene rings is 1. The van der Waals surface area contributed by atoms with Gasteiger partial charge in [0.25, 0.3) is 11.8 Å². The van der Waals surface area contributed by atoms with Crippen molar-refractivity contribution in [1.29, 1.82) is 0 Å². The van der Waals surface area contributed by atoms with E-state index in [1.807, 2.05) is 0 Å². The van der Waals surface area contributed by atoms with Crippen molar-refractivity contribution in [2.75, 3.05) is 32.0 Å². The summed E-state index contributed by atoms with van der Waals surface area (Å²) in [6.07, 6.45) is 0. The van der Waals surface area contributed by atoms with Crippen molar-refractivity contribution in [1.82, 2.24) is 9.62 Å². The molecule has 0 unspecified atom stereocenters. The van der Waals surface area contributed by atoms with Crippen LogP contribution >= 0.6 is 0 Å². The SMILES string of the molecule is CCN(CC)S(=O)(=O)c1cc(NC(=O)[C@H](C)[NH2+]CC(=O)NC)ccc1C. The molecule has 1 atom stereocenters. The van der Waals surface area contributed by atoms with Gasteiger partial charge in [-0.2, -0.15) is 4.31 Å². The third kappa shape index (κ3) is 5.52. The van der Waals surface area contributed by atoms with Crippen LogP contribution in [0.15, 0.2) is 23.1 Å². The molecular formula is C17H29N4O4S+. The number of carbonyl (C=O) groups is 2. The van der Waals surface area contributed by atoms with E-state index < -0.39 is 16.1 Å². The number of likely N-dealkylation sites (N-methyl/N-ethyl adjacent to an activating group) is 1. The van der Waals surface area contributed by atoms with Gasteiger partial charge < -0.3 is 16.0 Å². The second-order valence-electron chi connectivity index (χ2n) is 5.96. The Balaban J connectivity index is 2.97. The van der Waals surface area contributed by atoms with E-state index >= 15 is 0 Å². The minimum Gasteiger partial charge on any atom is -0.354 e. The van der Waals surface area contributed by atoms with Gasteiger partial charge in [-0.1, -0.05) is 19.9 Å². The fraction of sp³-hybridized carbons (Fsp3) is 0.529. The molecule has 0 spiro atoms. The molecule has 0 fully saturated rings. The van der Waals surface area contributed by atoms with E-state index in [-0.39, 0.29) is 23.3 Å². The van der Waals surface area contributed by atoms with Crippen LogP contribution in [0.3, 0.4) is 0 Å². The van der Waals surface area contributed by atoms with Crippen LogP contribution in [0.25, 0.3) is 0 Å². The van der Waals surface area contributed by atoms with Gasteiger partial charge in [-0.3, -0.25) is 9.59 Å². The number of aryl methyl sites for hydroxylation is 1. The highest BCUT2D eigenvalue weighted by molar-refractivity contribution is 7.89. The topological polar surface area (TPSA) is 112 Å². The van der Waals surface area contributed by atoms with Gasteiger partial charge in [-0.25, -0.2) is 8.42 Å². The van der Waals surface area contributed by atoms with Crippen LogP contribution in [0.2, 0.25) is 0 Å². The molecule has 1 rings (SSSR count). The third-order valence-electron chi connectivity index (χ3n) is 4.13. The molecule has 0 aromatic heterocycles. The number of rotatable bonds is 9. The molecule has 4 N–H and O–H groups in total. The van der Waals surface area contributed by atoms with Crippen molar-refractivity contribution in [3.8, 4) is 0 Å². The average molecular weight is 386 g/mol. The van der Waals surface area contributed by atoms with Crippen molar-refractivity contribution >= 4 is 27.5 Å². The maximum atomic E-state index is 12.8. The van der Waals surface area contributed by atoms with Crippen LogP contribution in [0.4, 0.5) is 5.69 Å². The Hall–Kier alpha value is -1.97. The van der Waals surface area contributed by atoms with Gasteiger partial charge in [0.2, 0.25) is 10.0 Å². The maximum absolute atomic E-state index is 12.8. The lowest BCUT2D eigenvalue weighted by Crippen LogP contribution is -2.93. The number of carbonyl (C=O) groups excluding carboxylic acids is 2. The molecule has 0 bridgehead atoms. The van der Waals surface area contributed by atoms with Crippen LogP contribution < -0.4 is 16.0 Å². The lowest BCUT2D eigenvalue weighted by molar-refractivity contribution is -0.662. The number of hydrogen-bond acceptors (Lipinski definition) is 4. The number of sulfonamides is 1. The van der Waals surface area contributed by atoms with E-state index in [0.29, 0.717) is 24.3 Å². The summed E-state index contributed by atoms with van der Waals surface area (Å²) >= 11 is 0. The van der Waals surface area contributed by atoms with Gasteiger partial charge in [0, 0.05) is 25.8 Å². The molecule has 0 aliphatic carbocycles. The van der Waals surface area contributed by atoms with E-state index in [0.717, 1.165) is 0 Å². The first kappa shape index (κ1) is 22.1. The first-order valence-electron chi connectivity index (χ1n) is 8.62. The second-order valence-corrected chi connectivity index (χ2v) is 7.87. The summed E-state index contributed by atoms with van der Waals surface area (Å²) < 4.78 is 26.9. The molecule has 1 aromatic rings. The molecule has 8 nitrogen and oxygen atoms in total. The Morgan fingerprint density at radius 2 is 1.85 bits per heavy atom. The standard InChI is InChI=1S/C17H28N4O4S/c1-6-21(7-2)26(24,25)15-10-14(9-8-12(15)3)20-17(23)13(4)19-11-16(22)18-5/h8-10,13,19H,6-7,11H2,1-5H3,(H,18,22)(H,20,23)/p+1/t13-/m0/s1. The number of anilines is 1. The van der Waals surface area contributed by atoms with E-state index in [9.17, 15) is 18.0 Å². The van der Waals surface area contributed by atoms with Gasteiger partial charge in [0.1, 0.15) is 0 Å². The Bertz CT molecular complexity index is 745. The van der Waals surface area contributed by atoms with Crippen LogP contribution in [0.5, 0.6) is 0 Å². The summed E-state index contributed by atoms with van der Waals surface area (Å²) in [4.78, 5) is 23.7. The summed E-state index contributed by atoms with van der Waals surface area (Å²) in [5, 5.41) is 6.81. The van der Waals surface area contributed by atoms with Gasteiger partial charge in [0.05, 0.1) is 4.90 Å². The molecule has 0 saturated heterocycles. The van der Waals surface area contributed by atoms with Gasteiger partial charge >= 0.3 is 0 Å². The maximum Gasteiger partial charge on any atom is 0.282 e. The summed E-state index contributed by atoms with van der Waals surface area (Å²) in [5.41, 5.74) is 1.03. The minimum atomic E-state index is -3.61. The Labute approximate surface area is 155 Å². The van der Waals surface area contributed by atoms with Crippen molar-refractivity contribution in [2.45, 2.75) is 38.6 Å². The van der Waals surface area contributed by atoms with Gasteiger partial charge in [-0.15, -0.1) is 0 Å². The molecular weight excluding hydrogens is 356 g/mol. The molecule has 146 valence electrons. The lowest BCUT2D eigenvalue weighted by atomic mass is 10.2. The molecule has 26 heavy (non-hydrogen) atoms. The summed E-state index contributed by atoms with van der Waals surface area (Å²) in [6, 6.07) is 4.33. The van der Waals surface area contributed by atoms with E-state index in [4.69, 9.17) is 0 Å².